The normalized spacial score (nSPS) is 11.1. The molecule has 0 bridgehead atoms. The summed E-state index contributed by atoms with van der Waals surface area (Å²) in [7, 11) is 1.49. The van der Waals surface area contributed by atoms with Crippen molar-refractivity contribution in [1.29, 1.82) is 0 Å². The highest BCUT2D eigenvalue weighted by Crippen LogP contribution is 1.91. The predicted molar refractivity (Wildman–Crippen MR) is 63.0 cm³/mol. The highest BCUT2D eigenvalue weighted by molar-refractivity contribution is 7.79. The molecule has 0 aromatic carbocycles. The lowest BCUT2D eigenvalue weighted by molar-refractivity contribution is -0.870. The maximum Gasteiger partial charge on any atom is 0.243 e. The molecule has 0 heterocycles. The Morgan fingerprint density at radius 3 is 2.18 bits per heavy atom. The van der Waals surface area contributed by atoms with E-state index in [-0.39, 0.29) is 5.91 Å². The first-order valence-electron chi connectivity index (χ1n) is 4.85. The first-order chi connectivity index (χ1) is 7.45. The molecule has 0 saturated heterocycles. The van der Waals surface area contributed by atoms with Gasteiger partial charge in [0.25, 0.3) is 0 Å². The second-order valence-corrected chi connectivity index (χ2v) is 5.15. The van der Waals surface area contributed by atoms with E-state index in [9.17, 15) is 4.79 Å². The molecule has 7 nitrogen and oxygen atoms in total. The van der Waals surface area contributed by atoms with Gasteiger partial charge in [-0.2, -0.15) is 0 Å². The minimum atomic E-state index is -4.92. The van der Waals surface area contributed by atoms with Gasteiger partial charge in [0, 0.05) is 13.0 Å². The SMILES string of the molecule is C=CC(=O)NCCC[N+](C)(C)C.O=S(=O)([O-])O. The summed E-state index contributed by atoms with van der Waals surface area (Å²) in [6, 6.07) is 0. The lowest BCUT2D eigenvalue weighted by Crippen LogP contribution is -2.37. The standard InChI is InChI=1S/C9H18N2O.H2O4S/c1-5-9(12)10-7-6-8-11(2,3)4;1-5(2,3)4/h5H,1,6-8H2,2-4H3;(H2,1,2,3,4). The molecule has 0 aromatic heterocycles. The zero-order valence-electron chi connectivity index (χ0n) is 10.3. The van der Waals surface area contributed by atoms with Crippen LogP contribution in [0.4, 0.5) is 0 Å². The van der Waals surface area contributed by atoms with Crippen molar-refractivity contribution in [3.63, 3.8) is 0 Å². The third kappa shape index (κ3) is 31.3. The zero-order valence-corrected chi connectivity index (χ0v) is 11.2. The molecule has 0 aliphatic heterocycles. The lowest BCUT2D eigenvalue weighted by atomic mass is 10.3. The van der Waals surface area contributed by atoms with Crippen molar-refractivity contribution in [3.05, 3.63) is 12.7 Å². The summed E-state index contributed by atoms with van der Waals surface area (Å²) in [6.45, 7) is 5.18. The van der Waals surface area contributed by atoms with Gasteiger partial charge < -0.3 is 14.4 Å². The second-order valence-electron chi connectivity index (χ2n) is 4.29. The minimum absolute atomic E-state index is 0.0867. The maximum atomic E-state index is 10.7. The molecular formula is C9H20N2O5S. The smallest absolute Gasteiger partial charge is 0.243 e. The first-order valence-corrected chi connectivity index (χ1v) is 6.21. The molecule has 0 aromatic rings. The largest absolute Gasteiger partial charge is 0.726 e. The molecule has 0 spiro atoms. The third-order valence-corrected chi connectivity index (χ3v) is 1.49. The molecule has 0 saturated carbocycles. The van der Waals surface area contributed by atoms with E-state index in [0.29, 0.717) is 0 Å². The van der Waals surface area contributed by atoms with Gasteiger partial charge in [0.15, 0.2) is 0 Å². The molecular weight excluding hydrogens is 248 g/mol. The van der Waals surface area contributed by atoms with E-state index < -0.39 is 10.4 Å². The number of quaternary nitrogens is 1. The summed E-state index contributed by atoms with van der Waals surface area (Å²) in [4.78, 5) is 10.7. The Kier molecular flexibility index (Phi) is 8.85. The molecule has 0 aliphatic carbocycles. The topological polar surface area (TPSA) is 107 Å². The van der Waals surface area contributed by atoms with Gasteiger partial charge in [-0.15, -0.1) is 0 Å². The van der Waals surface area contributed by atoms with Crippen LogP contribution >= 0.6 is 0 Å². The van der Waals surface area contributed by atoms with Gasteiger partial charge >= 0.3 is 0 Å². The fourth-order valence-electron chi connectivity index (χ4n) is 0.837. The van der Waals surface area contributed by atoms with Crippen LogP contribution in [-0.2, 0) is 15.2 Å². The first kappa shape index (κ1) is 18.4. The molecule has 0 fully saturated rings. The van der Waals surface area contributed by atoms with Crippen LogP contribution in [0.2, 0.25) is 0 Å². The Labute approximate surface area is 102 Å². The van der Waals surface area contributed by atoms with Crippen molar-refractivity contribution in [1.82, 2.24) is 5.32 Å². The van der Waals surface area contributed by atoms with E-state index in [4.69, 9.17) is 17.5 Å². The summed E-state index contributed by atoms with van der Waals surface area (Å²) < 4.78 is 33.8. The molecule has 0 radical (unpaired) electrons. The van der Waals surface area contributed by atoms with Gasteiger partial charge in [0.2, 0.25) is 16.3 Å². The van der Waals surface area contributed by atoms with E-state index in [1.807, 2.05) is 0 Å². The second kappa shape index (κ2) is 8.18. The van der Waals surface area contributed by atoms with Crippen LogP contribution in [0.3, 0.4) is 0 Å². The highest BCUT2D eigenvalue weighted by Gasteiger charge is 2.05. The monoisotopic (exact) mass is 268 g/mol. The maximum absolute atomic E-state index is 10.7. The number of rotatable bonds is 5. The fourth-order valence-corrected chi connectivity index (χ4v) is 0.837. The summed E-state index contributed by atoms with van der Waals surface area (Å²) in [5.74, 6) is -0.0867. The molecule has 17 heavy (non-hydrogen) atoms. The third-order valence-electron chi connectivity index (χ3n) is 1.49. The van der Waals surface area contributed by atoms with Crippen molar-refractivity contribution in [2.24, 2.45) is 0 Å². The van der Waals surface area contributed by atoms with Crippen LogP contribution < -0.4 is 5.32 Å². The average Bonchev–Trinajstić information content (AvgIpc) is 2.07. The predicted octanol–water partition coefficient (Wildman–Crippen LogP) is -0.610. The number of hydrogen-bond donors (Lipinski definition) is 2. The molecule has 0 rings (SSSR count). The molecule has 102 valence electrons. The van der Waals surface area contributed by atoms with E-state index in [1.54, 1.807) is 0 Å². The molecule has 0 aliphatic rings. The summed E-state index contributed by atoms with van der Waals surface area (Å²) in [5, 5.41) is 2.74. The zero-order chi connectivity index (χ0) is 14.1. The summed E-state index contributed by atoms with van der Waals surface area (Å²) in [6.07, 6.45) is 2.30. The lowest BCUT2D eigenvalue weighted by Gasteiger charge is -2.23. The van der Waals surface area contributed by atoms with Crippen LogP contribution in [-0.4, -0.2) is 62.1 Å². The van der Waals surface area contributed by atoms with Gasteiger partial charge in [-0.3, -0.25) is 9.35 Å². The van der Waals surface area contributed by atoms with Crippen LogP contribution in [0.5, 0.6) is 0 Å². The quantitative estimate of drug-likeness (QED) is 0.227. The van der Waals surface area contributed by atoms with E-state index >= 15 is 0 Å². The van der Waals surface area contributed by atoms with Crippen molar-refractivity contribution in [2.45, 2.75) is 6.42 Å². The summed E-state index contributed by atoms with van der Waals surface area (Å²) in [5.41, 5.74) is 0. The van der Waals surface area contributed by atoms with E-state index in [2.05, 4.69) is 33.0 Å². The van der Waals surface area contributed by atoms with Gasteiger partial charge in [-0.05, 0) is 6.08 Å². The molecule has 0 unspecified atom stereocenters. The van der Waals surface area contributed by atoms with Crippen molar-refractivity contribution in [3.8, 4) is 0 Å². The highest BCUT2D eigenvalue weighted by atomic mass is 32.3. The molecule has 0 atom stereocenters. The Hall–Kier alpha value is -0.960. The van der Waals surface area contributed by atoms with E-state index in [0.717, 1.165) is 24.0 Å². The van der Waals surface area contributed by atoms with Crippen LogP contribution in [0.1, 0.15) is 6.42 Å². The number of amides is 1. The molecule has 1 amide bonds. The van der Waals surface area contributed by atoms with Crippen LogP contribution in [0.15, 0.2) is 12.7 Å². The number of carbonyl (C=O) groups excluding carboxylic acids is 1. The fraction of sp³-hybridized carbons (Fsp3) is 0.667. The van der Waals surface area contributed by atoms with E-state index in [1.165, 1.54) is 6.08 Å². The van der Waals surface area contributed by atoms with Crippen molar-refractivity contribution in [2.75, 3.05) is 34.2 Å². The number of nitrogens with zero attached hydrogens (tertiary/aromatic N) is 1. The van der Waals surface area contributed by atoms with Gasteiger partial charge in [-0.1, -0.05) is 6.58 Å². The van der Waals surface area contributed by atoms with Gasteiger partial charge in [0.1, 0.15) is 0 Å². The molecule has 8 heteroatoms. The Bertz CT molecular complexity index is 324. The Morgan fingerprint density at radius 2 is 1.88 bits per heavy atom. The van der Waals surface area contributed by atoms with Crippen LogP contribution in [0, 0.1) is 0 Å². The van der Waals surface area contributed by atoms with Crippen LogP contribution in [0.25, 0.3) is 0 Å². The number of hydrogen-bond acceptors (Lipinski definition) is 4. The number of nitrogens with one attached hydrogen (secondary N) is 1. The molecule has 2 N–H and O–H groups in total. The minimum Gasteiger partial charge on any atom is -0.726 e. The van der Waals surface area contributed by atoms with Gasteiger partial charge in [0.05, 0.1) is 27.7 Å². The Morgan fingerprint density at radius 1 is 1.47 bits per heavy atom. The van der Waals surface area contributed by atoms with Crippen molar-refractivity contribution >= 4 is 16.3 Å². The Balaban J connectivity index is 0. The number of carbonyl (C=O) groups is 1. The van der Waals surface area contributed by atoms with Gasteiger partial charge in [-0.25, -0.2) is 8.42 Å². The van der Waals surface area contributed by atoms with Crippen molar-refractivity contribution < 1.29 is 26.8 Å². The summed E-state index contributed by atoms with van der Waals surface area (Å²) >= 11 is 0. The average molecular weight is 268 g/mol.